The molecule has 9 nitrogen and oxygen atoms in total. The number of nitrogens with zero attached hydrogens (tertiary/aromatic N) is 2. The van der Waals surface area contributed by atoms with Crippen LogP contribution in [0.15, 0.2) is 18.2 Å². The summed E-state index contributed by atoms with van der Waals surface area (Å²) in [5.41, 5.74) is 1.62. The maximum absolute atomic E-state index is 12.6. The molecule has 2 aliphatic rings. The first kappa shape index (κ1) is 21.6. The minimum absolute atomic E-state index is 0.0711. The average Bonchev–Trinajstić information content (AvgIpc) is 3.38. The zero-order chi connectivity index (χ0) is 21.8. The lowest BCUT2D eigenvalue weighted by molar-refractivity contribution is -0.138. The van der Waals surface area contributed by atoms with Gasteiger partial charge in [0.15, 0.2) is 0 Å². The van der Waals surface area contributed by atoms with Gasteiger partial charge in [-0.2, -0.15) is 0 Å². The number of hydrogen-bond acceptors (Lipinski definition) is 5. The minimum Gasteiger partial charge on any atom is -0.495 e. The van der Waals surface area contributed by atoms with Gasteiger partial charge in [0.1, 0.15) is 11.8 Å². The standard InChI is InChI=1S/C21H28N4O5/c1-13-6-7-17(30-3)16(9-13)25-12-14(10-18(25)26)20(28)23-11-19(27)24-8-4-5-15(24)21(29)22-2/h6-7,9,14-15H,4-5,8,10-12H2,1-3H3,(H,22,29)(H,23,28). The summed E-state index contributed by atoms with van der Waals surface area (Å²) in [5, 5.41) is 5.21. The summed E-state index contributed by atoms with van der Waals surface area (Å²) in [7, 11) is 3.08. The summed E-state index contributed by atoms with van der Waals surface area (Å²) in [6.07, 6.45) is 1.44. The number of amides is 4. The smallest absolute Gasteiger partial charge is 0.242 e. The van der Waals surface area contributed by atoms with E-state index in [1.165, 1.54) is 19.1 Å². The molecule has 162 valence electrons. The predicted molar refractivity (Wildman–Crippen MR) is 110 cm³/mol. The van der Waals surface area contributed by atoms with E-state index in [4.69, 9.17) is 4.74 Å². The number of carbonyl (C=O) groups is 4. The first-order valence-electron chi connectivity index (χ1n) is 10.1. The lowest BCUT2D eigenvalue weighted by Gasteiger charge is -2.24. The Morgan fingerprint density at radius 2 is 2.00 bits per heavy atom. The van der Waals surface area contributed by atoms with E-state index in [0.29, 0.717) is 24.4 Å². The van der Waals surface area contributed by atoms with Crippen LogP contribution in [0.3, 0.4) is 0 Å². The van der Waals surface area contributed by atoms with E-state index in [2.05, 4.69) is 10.6 Å². The van der Waals surface area contributed by atoms with Gasteiger partial charge in [-0.15, -0.1) is 0 Å². The highest BCUT2D eigenvalue weighted by Gasteiger charge is 2.37. The minimum atomic E-state index is -0.552. The Kier molecular flexibility index (Phi) is 6.59. The van der Waals surface area contributed by atoms with Crippen LogP contribution in [-0.2, 0) is 19.2 Å². The van der Waals surface area contributed by atoms with Gasteiger partial charge in [0.25, 0.3) is 0 Å². The van der Waals surface area contributed by atoms with Gasteiger partial charge >= 0.3 is 0 Å². The van der Waals surface area contributed by atoms with Gasteiger partial charge in [0.2, 0.25) is 23.6 Å². The Bertz CT molecular complexity index is 856. The summed E-state index contributed by atoms with van der Waals surface area (Å²) in [6.45, 7) is 2.45. The Balaban J connectivity index is 1.59. The van der Waals surface area contributed by atoms with E-state index in [0.717, 1.165) is 12.0 Å². The zero-order valence-electron chi connectivity index (χ0n) is 17.6. The molecule has 1 aromatic carbocycles. The largest absolute Gasteiger partial charge is 0.495 e. The number of likely N-dealkylation sites (N-methyl/N-ethyl adjacent to an activating group) is 1. The molecule has 30 heavy (non-hydrogen) atoms. The van der Waals surface area contributed by atoms with Gasteiger partial charge in [-0.3, -0.25) is 19.2 Å². The van der Waals surface area contributed by atoms with E-state index in [9.17, 15) is 19.2 Å². The Hall–Kier alpha value is -3.10. The molecule has 0 radical (unpaired) electrons. The van der Waals surface area contributed by atoms with Crippen LogP contribution in [0.4, 0.5) is 5.69 Å². The molecule has 3 rings (SSSR count). The van der Waals surface area contributed by atoms with E-state index in [1.807, 2.05) is 19.1 Å². The number of rotatable bonds is 6. The molecule has 2 aliphatic heterocycles. The van der Waals surface area contributed by atoms with Crippen LogP contribution in [0, 0.1) is 12.8 Å². The van der Waals surface area contributed by atoms with Crippen molar-refractivity contribution in [3.05, 3.63) is 23.8 Å². The molecule has 2 saturated heterocycles. The molecule has 0 saturated carbocycles. The number of aryl methyl sites for hydroxylation is 1. The summed E-state index contributed by atoms with van der Waals surface area (Å²) in [5.74, 6) is -0.985. The fourth-order valence-electron chi connectivity index (χ4n) is 4.04. The van der Waals surface area contributed by atoms with Crippen molar-refractivity contribution in [3.8, 4) is 5.75 Å². The van der Waals surface area contributed by atoms with Crippen molar-refractivity contribution in [2.75, 3.05) is 38.7 Å². The molecule has 4 amide bonds. The summed E-state index contributed by atoms with van der Waals surface area (Å²) >= 11 is 0. The number of methoxy groups -OCH3 is 1. The van der Waals surface area contributed by atoms with Gasteiger partial charge < -0.3 is 25.2 Å². The van der Waals surface area contributed by atoms with Crippen LogP contribution in [0.5, 0.6) is 5.75 Å². The molecule has 0 aliphatic carbocycles. The quantitative estimate of drug-likeness (QED) is 0.689. The molecular formula is C21H28N4O5. The topological polar surface area (TPSA) is 108 Å². The number of ether oxygens (including phenoxy) is 1. The van der Waals surface area contributed by atoms with Crippen LogP contribution in [0.1, 0.15) is 24.8 Å². The van der Waals surface area contributed by atoms with Crippen LogP contribution in [0.25, 0.3) is 0 Å². The number of benzene rings is 1. The third kappa shape index (κ3) is 4.39. The van der Waals surface area contributed by atoms with Crippen molar-refractivity contribution in [1.29, 1.82) is 0 Å². The summed E-state index contributed by atoms with van der Waals surface area (Å²) < 4.78 is 5.35. The second-order valence-corrected chi connectivity index (χ2v) is 7.66. The third-order valence-electron chi connectivity index (χ3n) is 5.66. The molecule has 2 heterocycles. The average molecular weight is 416 g/mol. The molecule has 9 heteroatoms. The molecule has 2 N–H and O–H groups in total. The molecule has 2 atom stereocenters. The SMILES string of the molecule is CNC(=O)C1CCCN1C(=O)CNC(=O)C1CC(=O)N(c2cc(C)ccc2OC)C1. The van der Waals surface area contributed by atoms with E-state index < -0.39 is 12.0 Å². The van der Waals surface area contributed by atoms with Crippen molar-refractivity contribution in [2.24, 2.45) is 5.92 Å². The van der Waals surface area contributed by atoms with Crippen molar-refractivity contribution >= 4 is 29.3 Å². The van der Waals surface area contributed by atoms with Crippen LogP contribution >= 0.6 is 0 Å². The Morgan fingerprint density at radius 1 is 1.23 bits per heavy atom. The highest BCUT2D eigenvalue weighted by Crippen LogP contribution is 2.33. The predicted octanol–water partition coefficient (Wildman–Crippen LogP) is 0.210. The van der Waals surface area contributed by atoms with Crippen molar-refractivity contribution < 1.29 is 23.9 Å². The van der Waals surface area contributed by atoms with Gasteiger partial charge in [-0.05, 0) is 37.5 Å². The molecular weight excluding hydrogens is 388 g/mol. The highest BCUT2D eigenvalue weighted by molar-refractivity contribution is 6.02. The number of carbonyl (C=O) groups excluding carboxylic acids is 4. The number of nitrogens with one attached hydrogen (secondary N) is 2. The second kappa shape index (κ2) is 9.15. The monoisotopic (exact) mass is 416 g/mol. The number of anilines is 1. The maximum Gasteiger partial charge on any atom is 0.242 e. The van der Waals surface area contributed by atoms with Crippen LogP contribution < -0.4 is 20.3 Å². The zero-order valence-corrected chi connectivity index (χ0v) is 17.6. The number of likely N-dealkylation sites (tertiary alicyclic amines) is 1. The fourth-order valence-corrected chi connectivity index (χ4v) is 4.04. The van der Waals surface area contributed by atoms with Gasteiger partial charge in [-0.1, -0.05) is 6.07 Å². The molecule has 1 aromatic rings. The van der Waals surface area contributed by atoms with E-state index in [1.54, 1.807) is 11.0 Å². The summed E-state index contributed by atoms with van der Waals surface area (Å²) in [4.78, 5) is 52.6. The van der Waals surface area contributed by atoms with Crippen molar-refractivity contribution in [3.63, 3.8) is 0 Å². The molecule has 2 unspecified atom stereocenters. The first-order valence-corrected chi connectivity index (χ1v) is 10.1. The fraction of sp³-hybridized carbons (Fsp3) is 0.524. The Labute approximate surface area is 175 Å². The summed E-state index contributed by atoms with van der Waals surface area (Å²) in [6, 6.07) is 5.05. The lowest BCUT2D eigenvalue weighted by atomic mass is 10.1. The maximum atomic E-state index is 12.6. The van der Waals surface area contributed by atoms with Gasteiger partial charge in [-0.25, -0.2) is 0 Å². The lowest BCUT2D eigenvalue weighted by Crippen LogP contribution is -2.48. The molecule has 0 spiro atoms. The molecule has 0 aromatic heterocycles. The van der Waals surface area contributed by atoms with E-state index in [-0.39, 0.29) is 43.1 Å². The first-order chi connectivity index (χ1) is 14.3. The molecule has 0 bridgehead atoms. The third-order valence-corrected chi connectivity index (χ3v) is 5.66. The van der Waals surface area contributed by atoms with Crippen molar-refractivity contribution in [2.45, 2.75) is 32.2 Å². The van der Waals surface area contributed by atoms with Gasteiger partial charge in [0, 0.05) is 26.6 Å². The van der Waals surface area contributed by atoms with Crippen molar-refractivity contribution in [1.82, 2.24) is 15.5 Å². The highest BCUT2D eigenvalue weighted by atomic mass is 16.5. The normalized spacial score (nSPS) is 21.0. The molecule has 2 fully saturated rings. The van der Waals surface area contributed by atoms with E-state index >= 15 is 0 Å². The second-order valence-electron chi connectivity index (χ2n) is 7.66. The van der Waals surface area contributed by atoms with Crippen LogP contribution in [0.2, 0.25) is 0 Å². The van der Waals surface area contributed by atoms with Gasteiger partial charge in [0.05, 0.1) is 25.3 Å². The Morgan fingerprint density at radius 3 is 2.70 bits per heavy atom. The van der Waals surface area contributed by atoms with Crippen LogP contribution in [-0.4, -0.2) is 68.4 Å². The number of hydrogen-bond donors (Lipinski definition) is 2.